The average molecular weight is 288 g/mol. The molecule has 0 spiro atoms. The van der Waals surface area contributed by atoms with Crippen molar-refractivity contribution in [3.8, 4) is 11.3 Å². The molecule has 2 aromatic rings. The number of thioether (sulfide) groups is 1. The van der Waals surface area contributed by atoms with Crippen molar-refractivity contribution >= 4 is 11.8 Å². The highest BCUT2D eigenvalue weighted by molar-refractivity contribution is 7.98. The smallest absolute Gasteiger partial charge is 0.143 e. The van der Waals surface area contributed by atoms with Gasteiger partial charge in [0, 0.05) is 30.6 Å². The minimum atomic E-state index is 0.970. The zero-order chi connectivity index (χ0) is 13.8. The Kier molecular flexibility index (Phi) is 4.43. The lowest BCUT2D eigenvalue weighted by molar-refractivity contribution is 0.237. The molecule has 1 aromatic carbocycles. The number of aromatic nitrogens is 1. The predicted octanol–water partition coefficient (Wildman–Crippen LogP) is 3.45. The minimum Gasteiger partial charge on any atom is -0.360 e. The molecule has 0 atom stereocenters. The fourth-order valence-electron chi connectivity index (χ4n) is 2.71. The van der Waals surface area contributed by atoms with Gasteiger partial charge in [-0.25, -0.2) is 0 Å². The molecule has 0 amide bonds. The molecule has 3 rings (SSSR count). The van der Waals surface area contributed by atoms with Crippen LogP contribution < -0.4 is 0 Å². The molecular weight excluding hydrogens is 268 g/mol. The molecule has 0 saturated carbocycles. The first-order chi connectivity index (χ1) is 9.88. The second-order valence-corrected chi connectivity index (χ2v) is 6.16. The van der Waals surface area contributed by atoms with E-state index in [0.29, 0.717) is 0 Å². The Morgan fingerprint density at radius 3 is 2.95 bits per heavy atom. The first kappa shape index (κ1) is 13.7. The van der Waals surface area contributed by atoms with Crippen LogP contribution in [0.5, 0.6) is 0 Å². The van der Waals surface area contributed by atoms with Crippen LogP contribution in [0.4, 0.5) is 0 Å². The zero-order valence-electron chi connectivity index (χ0n) is 11.8. The quantitative estimate of drug-likeness (QED) is 0.788. The van der Waals surface area contributed by atoms with Crippen molar-refractivity contribution < 1.29 is 4.52 Å². The Morgan fingerprint density at radius 2 is 2.15 bits per heavy atom. The summed E-state index contributed by atoms with van der Waals surface area (Å²) in [7, 11) is 0. The van der Waals surface area contributed by atoms with Gasteiger partial charge in [-0.3, -0.25) is 4.90 Å². The van der Waals surface area contributed by atoms with Crippen LogP contribution in [0, 0.1) is 0 Å². The van der Waals surface area contributed by atoms with Crippen molar-refractivity contribution in [1.82, 2.24) is 10.1 Å². The number of hydrogen-bond acceptors (Lipinski definition) is 4. The van der Waals surface area contributed by atoms with E-state index in [4.69, 9.17) is 4.52 Å². The van der Waals surface area contributed by atoms with Gasteiger partial charge in [-0.15, -0.1) is 0 Å². The van der Waals surface area contributed by atoms with Gasteiger partial charge in [0.15, 0.2) is 0 Å². The molecule has 2 heterocycles. The summed E-state index contributed by atoms with van der Waals surface area (Å²) < 4.78 is 5.53. The third-order valence-corrected chi connectivity index (χ3v) is 4.47. The number of rotatable bonds is 5. The van der Waals surface area contributed by atoms with E-state index in [1.54, 1.807) is 0 Å². The van der Waals surface area contributed by atoms with Gasteiger partial charge in [-0.2, -0.15) is 11.8 Å². The van der Waals surface area contributed by atoms with Crippen LogP contribution in [-0.4, -0.2) is 35.2 Å². The molecule has 20 heavy (non-hydrogen) atoms. The molecule has 0 aliphatic carbocycles. The van der Waals surface area contributed by atoms with E-state index in [1.807, 2.05) is 17.8 Å². The summed E-state index contributed by atoms with van der Waals surface area (Å²) in [6.45, 7) is 3.22. The van der Waals surface area contributed by atoms with Gasteiger partial charge in [0.1, 0.15) is 11.5 Å². The monoisotopic (exact) mass is 288 g/mol. The van der Waals surface area contributed by atoms with Crippen LogP contribution in [0.15, 0.2) is 34.9 Å². The van der Waals surface area contributed by atoms with E-state index >= 15 is 0 Å². The van der Waals surface area contributed by atoms with Gasteiger partial charge < -0.3 is 4.52 Å². The molecule has 4 heteroatoms. The van der Waals surface area contributed by atoms with Gasteiger partial charge in [0.25, 0.3) is 0 Å². The van der Waals surface area contributed by atoms with Crippen molar-refractivity contribution in [2.45, 2.75) is 19.4 Å². The number of nitrogens with zero attached hydrogens (tertiary/aromatic N) is 2. The lowest BCUT2D eigenvalue weighted by atomic mass is 10.0. The van der Waals surface area contributed by atoms with Gasteiger partial charge >= 0.3 is 0 Å². The maximum atomic E-state index is 5.53. The maximum absolute atomic E-state index is 5.53. The third-order valence-electron chi connectivity index (χ3n) is 3.78. The SMILES string of the molecule is CSCCCN1CCc2onc(-c3ccccc3)c2C1. The summed E-state index contributed by atoms with van der Waals surface area (Å²) in [5, 5.41) is 4.29. The second-order valence-electron chi connectivity index (χ2n) is 5.17. The zero-order valence-corrected chi connectivity index (χ0v) is 12.7. The molecule has 1 aromatic heterocycles. The van der Waals surface area contributed by atoms with Crippen molar-refractivity contribution in [3.63, 3.8) is 0 Å². The molecule has 0 saturated heterocycles. The van der Waals surface area contributed by atoms with Crippen LogP contribution in [0.2, 0.25) is 0 Å². The average Bonchev–Trinajstić information content (AvgIpc) is 2.91. The Hall–Kier alpha value is -1.26. The fourth-order valence-corrected chi connectivity index (χ4v) is 3.13. The third kappa shape index (κ3) is 2.91. The van der Waals surface area contributed by atoms with Crippen LogP contribution >= 0.6 is 11.8 Å². The summed E-state index contributed by atoms with van der Waals surface area (Å²) in [5.41, 5.74) is 3.46. The molecule has 0 unspecified atom stereocenters. The highest BCUT2D eigenvalue weighted by Gasteiger charge is 2.24. The summed E-state index contributed by atoms with van der Waals surface area (Å²) in [6.07, 6.45) is 4.40. The first-order valence-electron chi connectivity index (χ1n) is 7.12. The molecule has 3 nitrogen and oxygen atoms in total. The topological polar surface area (TPSA) is 29.3 Å². The van der Waals surface area contributed by atoms with E-state index < -0.39 is 0 Å². The first-order valence-corrected chi connectivity index (χ1v) is 8.52. The highest BCUT2D eigenvalue weighted by atomic mass is 32.2. The fraction of sp³-hybridized carbons (Fsp3) is 0.438. The Labute approximate surface area is 124 Å². The predicted molar refractivity (Wildman–Crippen MR) is 83.9 cm³/mol. The van der Waals surface area contributed by atoms with Crippen LogP contribution in [0.3, 0.4) is 0 Å². The van der Waals surface area contributed by atoms with E-state index in [-0.39, 0.29) is 0 Å². The minimum absolute atomic E-state index is 0.970. The Bertz CT molecular complexity index is 553. The summed E-state index contributed by atoms with van der Waals surface area (Å²) in [6, 6.07) is 10.3. The standard InChI is InChI=1S/C16H20N2OS/c1-20-11-5-9-18-10-8-15-14(12-18)16(17-19-15)13-6-3-2-4-7-13/h2-4,6-7H,5,8-12H2,1H3. The molecule has 0 N–H and O–H groups in total. The molecular formula is C16H20N2OS. The van der Waals surface area contributed by atoms with E-state index in [1.165, 1.54) is 24.3 Å². The largest absolute Gasteiger partial charge is 0.360 e. The molecule has 1 aliphatic heterocycles. The lowest BCUT2D eigenvalue weighted by Gasteiger charge is -2.25. The second kappa shape index (κ2) is 6.46. The Balaban J connectivity index is 1.76. The molecule has 0 radical (unpaired) electrons. The Morgan fingerprint density at radius 1 is 1.30 bits per heavy atom. The van der Waals surface area contributed by atoms with Gasteiger partial charge in [-0.05, 0) is 25.0 Å². The molecule has 0 bridgehead atoms. The van der Waals surface area contributed by atoms with Crippen molar-refractivity contribution in [2.75, 3.05) is 25.1 Å². The van der Waals surface area contributed by atoms with Crippen LogP contribution in [0.1, 0.15) is 17.7 Å². The van der Waals surface area contributed by atoms with E-state index in [2.05, 4.69) is 40.6 Å². The van der Waals surface area contributed by atoms with Crippen molar-refractivity contribution in [2.24, 2.45) is 0 Å². The molecule has 0 fully saturated rings. The van der Waals surface area contributed by atoms with Crippen LogP contribution in [0.25, 0.3) is 11.3 Å². The summed E-state index contributed by atoms with van der Waals surface area (Å²) in [4.78, 5) is 2.52. The van der Waals surface area contributed by atoms with Gasteiger partial charge in [-0.1, -0.05) is 35.5 Å². The van der Waals surface area contributed by atoms with Crippen molar-refractivity contribution in [3.05, 3.63) is 41.7 Å². The lowest BCUT2D eigenvalue weighted by Crippen LogP contribution is -2.31. The van der Waals surface area contributed by atoms with E-state index in [0.717, 1.165) is 36.5 Å². The molecule has 1 aliphatic rings. The normalized spacial score (nSPS) is 15.2. The van der Waals surface area contributed by atoms with Crippen LogP contribution in [-0.2, 0) is 13.0 Å². The number of fused-ring (bicyclic) bond motifs is 1. The van der Waals surface area contributed by atoms with E-state index in [9.17, 15) is 0 Å². The highest BCUT2D eigenvalue weighted by Crippen LogP contribution is 2.29. The van der Waals surface area contributed by atoms with Gasteiger partial charge in [0.05, 0.1) is 0 Å². The number of hydrogen-bond donors (Lipinski definition) is 0. The van der Waals surface area contributed by atoms with Gasteiger partial charge in [0.2, 0.25) is 0 Å². The number of benzene rings is 1. The summed E-state index contributed by atoms with van der Waals surface area (Å²) >= 11 is 1.92. The summed E-state index contributed by atoms with van der Waals surface area (Å²) in [5.74, 6) is 2.31. The van der Waals surface area contributed by atoms with Crippen molar-refractivity contribution in [1.29, 1.82) is 0 Å². The molecule has 106 valence electrons. The maximum Gasteiger partial charge on any atom is 0.143 e.